The van der Waals surface area contributed by atoms with E-state index in [1.807, 2.05) is 0 Å². The Kier molecular flexibility index (Phi) is 5.59. The predicted octanol–water partition coefficient (Wildman–Crippen LogP) is 3.20. The topological polar surface area (TPSA) is 67.4 Å². The number of nitrogens with one attached hydrogen (secondary N) is 2. The van der Waals surface area contributed by atoms with E-state index >= 15 is 0 Å². The van der Waals surface area contributed by atoms with Crippen molar-refractivity contribution < 1.29 is 14.3 Å². The number of benzene rings is 1. The van der Waals surface area contributed by atoms with E-state index in [1.54, 1.807) is 18.2 Å². The van der Waals surface area contributed by atoms with Crippen LogP contribution in [0.5, 0.6) is 0 Å². The maximum Gasteiger partial charge on any atom is 0.224 e. The van der Waals surface area contributed by atoms with Crippen molar-refractivity contribution in [3.63, 3.8) is 0 Å². The fourth-order valence-electron chi connectivity index (χ4n) is 2.28. The van der Waals surface area contributed by atoms with Crippen molar-refractivity contribution in [1.29, 1.82) is 0 Å². The minimum atomic E-state index is -0.209. The summed E-state index contributed by atoms with van der Waals surface area (Å²) >= 11 is 5.98. The normalized spacial score (nSPS) is 17.5. The summed E-state index contributed by atoms with van der Waals surface area (Å²) in [5.41, 5.74) is 1.10. The van der Waals surface area contributed by atoms with Gasteiger partial charge in [0.25, 0.3) is 0 Å². The first-order valence-corrected chi connectivity index (χ1v) is 7.41. The second-order valence-corrected chi connectivity index (χ2v) is 5.50. The largest absolute Gasteiger partial charge is 0.378 e. The van der Waals surface area contributed by atoms with Gasteiger partial charge in [-0.2, -0.15) is 0 Å². The number of amides is 2. The quantitative estimate of drug-likeness (QED) is 0.877. The van der Waals surface area contributed by atoms with Gasteiger partial charge in [-0.1, -0.05) is 11.6 Å². The number of hydrogen-bond donors (Lipinski definition) is 2. The zero-order valence-corrected chi connectivity index (χ0v) is 12.7. The van der Waals surface area contributed by atoms with Crippen molar-refractivity contribution in [3.8, 4) is 0 Å². The van der Waals surface area contributed by atoms with Crippen LogP contribution < -0.4 is 10.6 Å². The molecule has 2 rings (SSSR count). The van der Waals surface area contributed by atoms with Crippen LogP contribution in [0.3, 0.4) is 0 Å². The summed E-state index contributed by atoms with van der Waals surface area (Å²) in [5, 5.41) is 5.86. The molecule has 1 aliphatic rings. The van der Waals surface area contributed by atoms with Crippen LogP contribution >= 0.6 is 11.6 Å². The molecule has 1 aromatic rings. The third-order valence-electron chi connectivity index (χ3n) is 3.28. The molecule has 0 aliphatic carbocycles. The Morgan fingerprint density at radius 3 is 2.86 bits per heavy atom. The molecule has 0 radical (unpaired) electrons. The van der Waals surface area contributed by atoms with Gasteiger partial charge in [0.1, 0.15) is 0 Å². The number of hydrogen-bond acceptors (Lipinski definition) is 3. The third kappa shape index (κ3) is 5.02. The summed E-state index contributed by atoms with van der Waals surface area (Å²) in [6.07, 6.45) is 3.46. The minimum absolute atomic E-state index is 0.0680. The van der Waals surface area contributed by atoms with Gasteiger partial charge in [0, 0.05) is 25.6 Å². The fourth-order valence-corrected chi connectivity index (χ4v) is 2.44. The van der Waals surface area contributed by atoms with Crippen molar-refractivity contribution in [3.05, 3.63) is 23.2 Å². The molecule has 2 N–H and O–H groups in total. The van der Waals surface area contributed by atoms with Crippen LogP contribution in [0.2, 0.25) is 5.02 Å². The molecule has 1 atom stereocenters. The van der Waals surface area contributed by atoms with Crippen LogP contribution in [-0.4, -0.2) is 24.5 Å². The van der Waals surface area contributed by atoms with Crippen molar-refractivity contribution in [2.24, 2.45) is 0 Å². The van der Waals surface area contributed by atoms with Crippen LogP contribution in [-0.2, 0) is 14.3 Å². The molecule has 2 amide bonds. The average molecular weight is 311 g/mol. The smallest absolute Gasteiger partial charge is 0.224 e. The average Bonchev–Trinajstić information content (AvgIpc) is 2.93. The van der Waals surface area contributed by atoms with E-state index in [9.17, 15) is 9.59 Å². The van der Waals surface area contributed by atoms with E-state index in [0.717, 1.165) is 25.9 Å². The van der Waals surface area contributed by atoms with Gasteiger partial charge in [0.2, 0.25) is 11.8 Å². The van der Waals surface area contributed by atoms with Crippen molar-refractivity contribution >= 4 is 34.8 Å². The van der Waals surface area contributed by atoms with Gasteiger partial charge in [-0.25, -0.2) is 0 Å². The first-order valence-electron chi connectivity index (χ1n) is 7.03. The lowest BCUT2D eigenvalue weighted by Crippen LogP contribution is -2.15. The third-order valence-corrected chi connectivity index (χ3v) is 3.61. The zero-order chi connectivity index (χ0) is 15.2. The highest BCUT2D eigenvalue weighted by molar-refractivity contribution is 6.33. The Bertz CT molecular complexity index is 528. The molecule has 6 heteroatoms. The Hall–Kier alpha value is -1.59. The molecule has 1 unspecified atom stereocenters. The minimum Gasteiger partial charge on any atom is -0.378 e. The van der Waals surface area contributed by atoms with Crippen molar-refractivity contribution in [2.75, 3.05) is 17.2 Å². The summed E-state index contributed by atoms with van der Waals surface area (Å²) in [6, 6.07) is 4.99. The maximum atomic E-state index is 11.9. The molecule has 1 aromatic carbocycles. The number of halogens is 1. The summed E-state index contributed by atoms with van der Waals surface area (Å²) in [6.45, 7) is 2.20. The van der Waals surface area contributed by atoms with Gasteiger partial charge < -0.3 is 15.4 Å². The van der Waals surface area contributed by atoms with Gasteiger partial charge in [0.05, 0.1) is 16.8 Å². The first-order chi connectivity index (χ1) is 10.0. The molecule has 0 saturated carbocycles. The Balaban J connectivity index is 1.89. The van der Waals surface area contributed by atoms with Gasteiger partial charge in [-0.05, 0) is 37.5 Å². The standard InChI is InChI=1S/C15H19ClN2O3/c1-10(19)17-14-9-11(4-6-13(14)16)18-15(20)7-5-12-3-2-8-21-12/h4,6,9,12H,2-3,5,7-8H2,1H3,(H,17,19)(H,18,20). The lowest BCUT2D eigenvalue weighted by atomic mass is 10.1. The molecule has 0 bridgehead atoms. The Labute approximate surface area is 129 Å². The van der Waals surface area contributed by atoms with E-state index in [-0.39, 0.29) is 17.9 Å². The molecule has 1 heterocycles. The molecule has 114 valence electrons. The van der Waals surface area contributed by atoms with E-state index in [4.69, 9.17) is 16.3 Å². The summed E-state index contributed by atoms with van der Waals surface area (Å²) < 4.78 is 5.49. The van der Waals surface area contributed by atoms with Gasteiger partial charge in [-0.15, -0.1) is 0 Å². The summed E-state index contributed by atoms with van der Waals surface area (Å²) in [4.78, 5) is 23.0. The first kappa shape index (κ1) is 15.8. The number of ether oxygens (including phenoxy) is 1. The Morgan fingerprint density at radius 2 is 2.19 bits per heavy atom. The summed E-state index contributed by atoms with van der Waals surface area (Å²) in [7, 11) is 0. The van der Waals surface area contributed by atoms with E-state index in [2.05, 4.69) is 10.6 Å². The second kappa shape index (κ2) is 7.43. The highest BCUT2D eigenvalue weighted by Gasteiger charge is 2.16. The second-order valence-electron chi connectivity index (χ2n) is 5.10. The van der Waals surface area contributed by atoms with Gasteiger partial charge in [-0.3, -0.25) is 9.59 Å². The number of carbonyl (C=O) groups excluding carboxylic acids is 2. The zero-order valence-electron chi connectivity index (χ0n) is 11.9. The van der Waals surface area contributed by atoms with Crippen LogP contribution in [0.15, 0.2) is 18.2 Å². The van der Waals surface area contributed by atoms with Gasteiger partial charge in [0.15, 0.2) is 0 Å². The molecule has 1 saturated heterocycles. The van der Waals surface area contributed by atoms with Crippen LogP contribution in [0.1, 0.15) is 32.6 Å². The molecular formula is C15H19ClN2O3. The predicted molar refractivity (Wildman–Crippen MR) is 82.6 cm³/mol. The van der Waals surface area contributed by atoms with Crippen molar-refractivity contribution in [1.82, 2.24) is 0 Å². The molecule has 0 aromatic heterocycles. The lowest BCUT2D eigenvalue weighted by molar-refractivity contribution is -0.117. The molecule has 1 fully saturated rings. The van der Waals surface area contributed by atoms with Crippen LogP contribution in [0.25, 0.3) is 0 Å². The SMILES string of the molecule is CC(=O)Nc1cc(NC(=O)CCC2CCCO2)ccc1Cl. The number of anilines is 2. The van der Waals surface area contributed by atoms with E-state index in [0.29, 0.717) is 22.8 Å². The summed E-state index contributed by atoms with van der Waals surface area (Å²) in [5.74, 6) is -0.277. The molecule has 5 nitrogen and oxygen atoms in total. The fraction of sp³-hybridized carbons (Fsp3) is 0.467. The van der Waals surface area contributed by atoms with Gasteiger partial charge >= 0.3 is 0 Å². The lowest BCUT2D eigenvalue weighted by Gasteiger charge is -2.11. The highest BCUT2D eigenvalue weighted by atomic mass is 35.5. The maximum absolute atomic E-state index is 11.9. The van der Waals surface area contributed by atoms with E-state index < -0.39 is 0 Å². The van der Waals surface area contributed by atoms with Crippen LogP contribution in [0, 0.1) is 0 Å². The van der Waals surface area contributed by atoms with Crippen LogP contribution in [0.4, 0.5) is 11.4 Å². The molecular weight excluding hydrogens is 292 g/mol. The molecule has 0 spiro atoms. The highest BCUT2D eigenvalue weighted by Crippen LogP contribution is 2.26. The van der Waals surface area contributed by atoms with E-state index in [1.165, 1.54) is 6.92 Å². The number of rotatable bonds is 5. The van der Waals surface area contributed by atoms with Crippen molar-refractivity contribution in [2.45, 2.75) is 38.7 Å². The monoisotopic (exact) mass is 310 g/mol. The molecule has 21 heavy (non-hydrogen) atoms. The Morgan fingerprint density at radius 1 is 1.38 bits per heavy atom. The number of carbonyl (C=O) groups is 2. The molecule has 1 aliphatic heterocycles.